The molecule has 0 atom stereocenters. The van der Waals surface area contributed by atoms with E-state index in [1.54, 1.807) is 0 Å². The van der Waals surface area contributed by atoms with Crippen molar-refractivity contribution in [3.8, 4) is 11.8 Å². The number of carbonyl (C=O) groups excluding carboxylic acids is 1. The van der Waals surface area contributed by atoms with Gasteiger partial charge >= 0.3 is 6.09 Å². The lowest BCUT2D eigenvalue weighted by Crippen LogP contribution is -2.32. The predicted molar refractivity (Wildman–Crippen MR) is 83.0 cm³/mol. The van der Waals surface area contributed by atoms with E-state index in [2.05, 4.69) is 17.2 Å². The zero-order valence-corrected chi connectivity index (χ0v) is 12.9. The van der Waals surface area contributed by atoms with Crippen molar-refractivity contribution in [1.82, 2.24) is 5.32 Å². The van der Waals surface area contributed by atoms with Gasteiger partial charge in [0, 0.05) is 12.2 Å². The van der Waals surface area contributed by atoms with Crippen molar-refractivity contribution in [2.75, 3.05) is 13.2 Å². The van der Waals surface area contributed by atoms with Crippen LogP contribution in [-0.4, -0.2) is 30.0 Å². The Morgan fingerprint density at radius 2 is 1.95 bits per heavy atom. The van der Waals surface area contributed by atoms with Gasteiger partial charge in [0.2, 0.25) is 0 Å². The molecular formula is C17H23NO3. The number of benzene rings is 1. The minimum absolute atomic E-state index is 0.206. The highest BCUT2D eigenvalue weighted by Gasteiger charge is 2.14. The Balaban J connectivity index is 2.39. The monoisotopic (exact) mass is 289 g/mol. The van der Waals surface area contributed by atoms with Gasteiger partial charge in [0.25, 0.3) is 0 Å². The number of aryl methyl sites for hydroxylation is 1. The maximum Gasteiger partial charge on any atom is 0.408 e. The molecule has 0 aliphatic heterocycles. The third-order valence-electron chi connectivity index (χ3n) is 2.53. The molecule has 0 heterocycles. The maximum absolute atomic E-state index is 11.4. The Morgan fingerprint density at radius 1 is 1.29 bits per heavy atom. The molecule has 21 heavy (non-hydrogen) atoms. The number of ether oxygens (including phenoxy) is 1. The van der Waals surface area contributed by atoms with Crippen LogP contribution in [0, 0.1) is 11.8 Å². The van der Waals surface area contributed by atoms with Gasteiger partial charge in [0.15, 0.2) is 0 Å². The molecule has 0 radical (unpaired) electrons. The quantitative estimate of drug-likeness (QED) is 0.837. The lowest BCUT2D eigenvalue weighted by Gasteiger charge is -2.18. The summed E-state index contributed by atoms with van der Waals surface area (Å²) >= 11 is 0. The topological polar surface area (TPSA) is 58.6 Å². The van der Waals surface area contributed by atoms with E-state index in [0.29, 0.717) is 0 Å². The van der Waals surface area contributed by atoms with Crippen LogP contribution >= 0.6 is 0 Å². The molecule has 0 spiro atoms. The first-order chi connectivity index (χ1) is 9.90. The summed E-state index contributed by atoms with van der Waals surface area (Å²) in [6, 6.07) is 7.88. The van der Waals surface area contributed by atoms with Crippen molar-refractivity contribution in [3.63, 3.8) is 0 Å². The van der Waals surface area contributed by atoms with Crippen LogP contribution in [-0.2, 0) is 11.2 Å². The molecule has 2 N–H and O–H groups in total. The van der Waals surface area contributed by atoms with Gasteiger partial charge in [-0.2, -0.15) is 0 Å². The highest BCUT2D eigenvalue weighted by Crippen LogP contribution is 2.06. The summed E-state index contributed by atoms with van der Waals surface area (Å²) in [6.07, 6.45) is 1.17. The Hall–Kier alpha value is -1.99. The van der Waals surface area contributed by atoms with E-state index in [1.165, 1.54) is 5.56 Å². The highest BCUT2D eigenvalue weighted by molar-refractivity contribution is 5.68. The largest absolute Gasteiger partial charge is 0.444 e. The van der Waals surface area contributed by atoms with Crippen LogP contribution in [0.2, 0.25) is 0 Å². The number of aliphatic hydroxyl groups excluding tert-OH is 1. The first-order valence-corrected chi connectivity index (χ1v) is 7.06. The van der Waals surface area contributed by atoms with Crippen molar-refractivity contribution >= 4 is 6.09 Å². The summed E-state index contributed by atoms with van der Waals surface area (Å²) in [4.78, 5) is 11.4. The first-order valence-electron chi connectivity index (χ1n) is 7.06. The third-order valence-corrected chi connectivity index (χ3v) is 2.53. The molecule has 114 valence electrons. The highest BCUT2D eigenvalue weighted by atomic mass is 16.6. The van der Waals surface area contributed by atoms with E-state index in [9.17, 15) is 4.79 Å². The van der Waals surface area contributed by atoms with Gasteiger partial charge in [-0.3, -0.25) is 0 Å². The van der Waals surface area contributed by atoms with Crippen LogP contribution in [0.5, 0.6) is 0 Å². The molecule has 1 rings (SSSR count). The summed E-state index contributed by atoms with van der Waals surface area (Å²) in [6.45, 7) is 5.91. The number of nitrogens with one attached hydrogen (secondary N) is 1. The second-order valence-electron chi connectivity index (χ2n) is 5.68. The average molecular weight is 289 g/mol. The van der Waals surface area contributed by atoms with Crippen molar-refractivity contribution < 1.29 is 14.6 Å². The predicted octanol–water partition coefficient (Wildman–Crippen LogP) is 2.49. The second kappa shape index (κ2) is 8.33. The van der Waals surface area contributed by atoms with Gasteiger partial charge in [0.1, 0.15) is 5.60 Å². The zero-order valence-electron chi connectivity index (χ0n) is 12.9. The molecule has 1 aromatic carbocycles. The second-order valence-corrected chi connectivity index (χ2v) is 5.68. The third kappa shape index (κ3) is 8.01. The van der Waals surface area contributed by atoms with Gasteiger partial charge in [-0.15, -0.1) is 0 Å². The number of amides is 1. The molecule has 0 bridgehead atoms. The summed E-state index contributed by atoms with van der Waals surface area (Å²) in [7, 11) is 0. The summed E-state index contributed by atoms with van der Waals surface area (Å²) < 4.78 is 5.10. The molecule has 1 aromatic rings. The Bertz CT molecular complexity index is 504. The van der Waals surface area contributed by atoms with Crippen LogP contribution in [0.3, 0.4) is 0 Å². The lowest BCUT2D eigenvalue weighted by molar-refractivity contribution is 0.0535. The lowest BCUT2D eigenvalue weighted by atomic mass is 10.1. The smallest absolute Gasteiger partial charge is 0.408 e. The fourth-order valence-electron chi connectivity index (χ4n) is 1.61. The molecule has 0 saturated heterocycles. The minimum Gasteiger partial charge on any atom is -0.444 e. The molecule has 0 saturated carbocycles. The minimum atomic E-state index is -0.498. The first kappa shape index (κ1) is 17.1. The number of hydrogen-bond acceptors (Lipinski definition) is 3. The molecule has 0 fully saturated rings. The van der Waals surface area contributed by atoms with E-state index in [1.807, 2.05) is 45.0 Å². The SMILES string of the molecule is CC(C)(C)OC(=O)NCC#Cc1ccc(CCCO)cc1. The van der Waals surface area contributed by atoms with Crippen LogP contribution in [0.1, 0.15) is 38.3 Å². The number of hydrogen-bond donors (Lipinski definition) is 2. The van der Waals surface area contributed by atoms with Gasteiger partial charge in [0.05, 0.1) is 6.54 Å². The molecule has 0 aromatic heterocycles. The number of carbonyl (C=O) groups is 1. The number of rotatable bonds is 4. The normalized spacial score (nSPS) is 10.5. The van der Waals surface area contributed by atoms with E-state index in [-0.39, 0.29) is 13.2 Å². The van der Waals surface area contributed by atoms with Crippen molar-refractivity contribution in [2.24, 2.45) is 0 Å². The van der Waals surface area contributed by atoms with E-state index in [0.717, 1.165) is 18.4 Å². The van der Waals surface area contributed by atoms with Gasteiger partial charge in [-0.1, -0.05) is 24.0 Å². The van der Waals surface area contributed by atoms with Gasteiger partial charge in [-0.25, -0.2) is 4.79 Å². The van der Waals surface area contributed by atoms with E-state index in [4.69, 9.17) is 9.84 Å². The van der Waals surface area contributed by atoms with Crippen molar-refractivity contribution in [1.29, 1.82) is 0 Å². The van der Waals surface area contributed by atoms with E-state index >= 15 is 0 Å². The van der Waals surface area contributed by atoms with Gasteiger partial charge in [-0.05, 0) is 51.3 Å². The van der Waals surface area contributed by atoms with Crippen LogP contribution < -0.4 is 5.32 Å². The van der Waals surface area contributed by atoms with Gasteiger partial charge < -0.3 is 15.2 Å². The number of aliphatic hydroxyl groups is 1. The molecule has 0 aliphatic carbocycles. The number of alkyl carbamates (subject to hydrolysis) is 1. The summed E-state index contributed by atoms with van der Waals surface area (Å²) in [5.41, 5.74) is 1.58. The summed E-state index contributed by atoms with van der Waals surface area (Å²) in [5, 5.41) is 11.4. The standard InChI is InChI=1S/C17H23NO3/c1-17(2,3)21-16(20)18-12-4-6-14-8-10-15(11-9-14)7-5-13-19/h8-11,19H,5,7,12-13H2,1-3H3,(H,18,20). The molecule has 1 amide bonds. The van der Waals surface area contributed by atoms with E-state index < -0.39 is 11.7 Å². The molecular weight excluding hydrogens is 266 g/mol. The zero-order chi connectivity index (χ0) is 15.7. The summed E-state index contributed by atoms with van der Waals surface area (Å²) in [5.74, 6) is 5.86. The maximum atomic E-state index is 11.4. The molecule has 0 unspecified atom stereocenters. The average Bonchev–Trinajstić information content (AvgIpc) is 2.41. The Labute approximate surface area is 126 Å². The molecule has 4 nitrogen and oxygen atoms in total. The van der Waals surface area contributed by atoms with Crippen LogP contribution in [0.15, 0.2) is 24.3 Å². The van der Waals surface area contributed by atoms with Crippen molar-refractivity contribution in [3.05, 3.63) is 35.4 Å². The Morgan fingerprint density at radius 3 is 2.52 bits per heavy atom. The van der Waals surface area contributed by atoms with Crippen molar-refractivity contribution in [2.45, 2.75) is 39.2 Å². The van der Waals surface area contributed by atoms with Crippen LogP contribution in [0.4, 0.5) is 4.79 Å². The fraction of sp³-hybridized carbons (Fsp3) is 0.471. The Kier molecular flexibility index (Phi) is 6.77. The van der Waals surface area contributed by atoms with Crippen LogP contribution in [0.25, 0.3) is 0 Å². The fourth-order valence-corrected chi connectivity index (χ4v) is 1.61. The molecule has 0 aliphatic rings. The molecule has 4 heteroatoms.